The van der Waals surface area contributed by atoms with Crippen LogP contribution in [0.5, 0.6) is 5.75 Å². The van der Waals surface area contributed by atoms with Crippen LogP contribution in [0.1, 0.15) is 18.9 Å². The van der Waals surface area contributed by atoms with Gasteiger partial charge in [0.2, 0.25) is 0 Å². The molecule has 1 heterocycles. The molecule has 1 rings (SSSR count). The van der Waals surface area contributed by atoms with Gasteiger partial charge in [-0.25, -0.2) is 4.79 Å². The van der Waals surface area contributed by atoms with Crippen molar-refractivity contribution in [2.24, 2.45) is 0 Å². The molecule has 1 unspecified atom stereocenters. The number of alkyl halides is 1. The van der Waals surface area contributed by atoms with Crippen LogP contribution in [-0.2, 0) is 16.1 Å². The zero-order chi connectivity index (χ0) is 13.4. The molecule has 0 fully saturated rings. The van der Waals surface area contributed by atoms with Gasteiger partial charge in [-0.2, -0.15) is 0 Å². The summed E-state index contributed by atoms with van der Waals surface area (Å²) in [5.74, 6) is 0.0481. The molecule has 0 saturated carbocycles. The third-order valence-electron chi connectivity index (χ3n) is 2.15. The standard InChI is InChI=1S/C12H16BrNO4/c1-2-17-12(16)11(3-4-13)18-10-5-9(8-15)6-14-7-10/h5-7,11,15H,2-4,8H2,1H3. The maximum Gasteiger partial charge on any atom is 0.347 e. The average molecular weight is 318 g/mol. The number of pyridine rings is 1. The van der Waals surface area contributed by atoms with Gasteiger partial charge in [-0.05, 0) is 18.6 Å². The highest BCUT2D eigenvalue weighted by atomic mass is 79.9. The number of hydrogen-bond acceptors (Lipinski definition) is 5. The van der Waals surface area contributed by atoms with Crippen LogP contribution in [0.4, 0.5) is 0 Å². The van der Waals surface area contributed by atoms with E-state index in [9.17, 15) is 4.79 Å². The van der Waals surface area contributed by atoms with Crippen LogP contribution in [0.3, 0.4) is 0 Å². The third-order valence-corrected chi connectivity index (χ3v) is 2.61. The van der Waals surface area contributed by atoms with E-state index < -0.39 is 12.1 Å². The molecule has 18 heavy (non-hydrogen) atoms. The molecule has 0 aliphatic heterocycles. The molecule has 0 aromatic carbocycles. The molecule has 0 amide bonds. The summed E-state index contributed by atoms with van der Waals surface area (Å²) in [6, 6.07) is 1.65. The van der Waals surface area contributed by atoms with Crippen LogP contribution in [0.15, 0.2) is 18.5 Å². The smallest absolute Gasteiger partial charge is 0.347 e. The lowest BCUT2D eigenvalue weighted by Gasteiger charge is -2.16. The van der Waals surface area contributed by atoms with E-state index in [1.807, 2.05) is 0 Å². The number of ether oxygens (including phenoxy) is 2. The Kier molecular flexibility index (Phi) is 6.67. The SMILES string of the molecule is CCOC(=O)C(CCBr)Oc1cncc(CO)c1. The van der Waals surface area contributed by atoms with Crippen molar-refractivity contribution in [3.63, 3.8) is 0 Å². The van der Waals surface area contributed by atoms with E-state index in [4.69, 9.17) is 14.6 Å². The van der Waals surface area contributed by atoms with Gasteiger partial charge in [0, 0.05) is 17.9 Å². The Balaban J connectivity index is 2.72. The van der Waals surface area contributed by atoms with Crippen molar-refractivity contribution >= 4 is 21.9 Å². The van der Waals surface area contributed by atoms with E-state index in [0.717, 1.165) is 0 Å². The Hall–Kier alpha value is -1.14. The molecule has 1 aromatic rings. The summed E-state index contributed by atoms with van der Waals surface area (Å²) in [6.07, 6.45) is 2.87. The first-order valence-electron chi connectivity index (χ1n) is 5.65. The van der Waals surface area contributed by atoms with Crippen LogP contribution < -0.4 is 4.74 Å². The van der Waals surface area contributed by atoms with Gasteiger partial charge in [-0.3, -0.25) is 4.98 Å². The molecule has 100 valence electrons. The number of nitrogens with zero attached hydrogens (tertiary/aromatic N) is 1. The normalized spacial score (nSPS) is 11.9. The molecule has 1 atom stereocenters. The number of carbonyl (C=O) groups excluding carboxylic acids is 1. The van der Waals surface area contributed by atoms with Crippen LogP contribution >= 0.6 is 15.9 Å². The van der Waals surface area contributed by atoms with E-state index >= 15 is 0 Å². The first-order chi connectivity index (χ1) is 8.71. The van der Waals surface area contributed by atoms with Gasteiger partial charge in [0.15, 0.2) is 6.10 Å². The van der Waals surface area contributed by atoms with Crippen LogP contribution in [0.25, 0.3) is 0 Å². The predicted octanol–water partition coefficient (Wildman–Crippen LogP) is 1.67. The maximum absolute atomic E-state index is 11.7. The Labute approximate surface area is 114 Å². The summed E-state index contributed by atoms with van der Waals surface area (Å²) < 4.78 is 10.5. The monoisotopic (exact) mass is 317 g/mol. The van der Waals surface area contributed by atoms with E-state index in [1.54, 1.807) is 13.0 Å². The third kappa shape index (κ3) is 4.62. The quantitative estimate of drug-likeness (QED) is 0.612. The lowest BCUT2D eigenvalue weighted by atomic mass is 10.2. The van der Waals surface area contributed by atoms with E-state index in [-0.39, 0.29) is 6.61 Å². The second-order valence-corrected chi connectivity index (χ2v) is 4.32. The fourth-order valence-corrected chi connectivity index (χ4v) is 1.75. The number of aromatic nitrogens is 1. The van der Waals surface area contributed by atoms with Crippen LogP contribution in [-0.4, -0.2) is 34.1 Å². The summed E-state index contributed by atoms with van der Waals surface area (Å²) in [4.78, 5) is 15.6. The molecule has 5 nitrogen and oxygen atoms in total. The molecule has 0 saturated heterocycles. The highest BCUT2D eigenvalue weighted by molar-refractivity contribution is 9.09. The highest BCUT2D eigenvalue weighted by Gasteiger charge is 2.21. The Morgan fingerprint density at radius 1 is 1.56 bits per heavy atom. The minimum atomic E-state index is -0.667. The van der Waals surface area contributed by atoms with Crippen molar-refractivity contribution in [1.82, 2.24) is 4.98 Å². The summed E-state index contributed by atoms with van der Waals surface area (Å²) in [5.41, 5.74) is 0.633. The molecule has 0 spiro atoms. The Morgan fingerprint density at radius 3 is 2.94 bits per heavy atom. The molecular formula is C12H16BrNO4. The number of hydrogen-bond donors (Lipinski definition) is 1. The first kappa shape index (κ1) is 14.9. The Bertz CT molecular complexity index is 386. The fraction of sp³-hybridized carbons (Fsp3) is 0.500. The maximum atomic E-state index is 11.7. The lowest BCUT2D eigenvalue weighted by Crippen LogP contribution is -2.30. The largest absolute Gasteiger partial charge is 0.477 e. The zero-order valence-corrected chi connectivity index (χ0v) is 11.7. The molecule has 1 aromatic heterocycles. The van der Waals surface area contributed by atoms with Gasteiger partial charge in [-0.1, -0.05) is 15.9 Å². The topological polar surface area (TPSA) is 68.7 Å². The van der Waals surface area contributed by atoms with Crippen LogP contribution in [0, 0.1) is 0 Å². The molecule has 6 heteroatoms. The van der Waals surface area contributed by atoms with Crippen molar-refractivity contribution in [2.45, 2.75) is 26.1 Å². The second kappa shape index (κ2) is 8.05. The van der Waals surface area contributed by atoms with Crippen molar-refractivity contribution < 1.29 is 19.4 Å². The Morgan fingerprint density at radius 2 is 2.33 bits per heavy atom. The second-order valence-electron chi connectivity index (χ2n) is 3.52. The molecule has 0 aliphatic carbocycles. The molecular weight excluding hydrogens is 302 g/mol. The van der Waals surface area contributed by atoms with E-state index in [1.165, 1.54) is 12.4 Å². The number of halogens is 1. The van der Waals surface area contributed by atoms with Gasteiger partial charge in [0.05, 0.1) is 19.4 Å². The van der Waals surface area contributed by atoms with Crippen molar-refractivity contribution in [3.8, 4) is 5.75 Å². The molecule has 0 aliphatic rings. The van der Waals surface area contributed by atoms with Gasteiger partial charge >= 0.3 is 5.97 Å². The first-order valence-corrected chi connectivity index (χ1v) is 6.77. The minimum absolute atomic E-state index is 0.118. The van der Waals surface area contributed by atoms with E-state index in [0.29, 0.717) is 29.7 Å². The summed E-state index contributed by atoms with van der Waals surface area (Å²) in [5, 5.41) is 9.63. The van der Waals surface area contributed by atoms with Gasteiger partial charge in [0.1, 0.15) is 5.75 Å². The number of aliphatic hydroxyl groups excluding tert-OH is 1. The van der Waals surface area contributed by atoms with Gasteiger partial charge in [-0.15, -0.1) is 0 Å². The molecule has 1 N–H and O–H groups in total. The molecule has 0 bridgehead atoms. The average Bonchev–Trinajstić information content (AvgIpc) is 2.39. The predicted molar refractivity (Wildman–Crippen MR) is 69.6 cm³/mol. The van der Waals surface area contributed by atoms with Crippen molar-refractivity contribution in [1.29, 1.82) is 0 Å². The number of aliphatic hydroxyl groups is 1. The molecule has 0 radical (unpaired) electrons. The summed E-state index contributed by atoms with van der Waals surface area (Å²) >= 11 is 3.27. The van der Waals surface area contributed by atoms with Crippen LogP contribution in [0.2, 0.25) is 0 Å². The van der Waals surface area contributed by atoms with Gasteiger partial charge < -0.3 is 14.6 Å². The lowest BCUT2D eigenvalue weighted by molar-refractivity contribution is -0.151. The highest BCUT2D eigenvalue weighted by Crippen LogP contribution is 2.15. The number of esters is 1. The number of carbonyl (C=O) groups is 1. The fourth-order valence-electron chi connectivity index (χ4n) is 1.34. The van der Waals surface area contributed by atoms with Crippen molar-refractivity contribution in [3.05, 3.63) is 24.0 Å². The minimum Gasteiger partial charge on any atom is -0.477 e. The summed E-state index contributed by atoms with van der Waals surface area (Å²) in [7, 11) is 0. The van der Waals surface area contributed by atoms with Gasteiger partial charge in [0.25, 0.3) is 0 Å². The number of rotatable bonds is 7. The zero-order valence-electron chi connectivity index (χ0n) is 10.1. The van der Waals surface area contributed by atoms with E-state index in [2.05, 4.69) is 20.9 Å². The summed E-state index contributed by atoms with van der Waals surface area (Å²) in [6.45, 7) is 1.94. The van der Waals surface area contributed by atoms with Crippen molar-refractivity contribution in [2.75, 3.05) is 11.9 Å².